The molecule has 1 heterocycles. The minimum Gasteiger partial charge on any atom is -0.384 e. The lowest BCUT2D eigenvalue weighted by Crippen LogP contribution is -2.24. The molecular formula is C16H22N4O. The van der Waals surface area contributed by atoms with Crippen LogP contribution < -0.4 is 10.6 Å². The van der Waals surface area contributed by atoms with Crippen LogP contribution in [0.1, 0.15) is 40.5 Å². The molecule has 2 rings (SSSR count). The van der Waals surface area contributed by atoms with Crippen LogP contribution in [-0.4, -0.2) is 22.6 Å². The number of rotatable bonds is 6. The van der Waals surface area contributed by atoms with Gasteiger partial charge in [0.2, 0.25) is 0 Å². The third kappa shape index (κ3) is 3.84. The quantitative estimate of drug-likeness (QED) is 0.764. The number of hydrogen-bond acceptors (Lipinski definition) is 3. The summed E-state index contributed by atoms with van der Waals surface area (Å²) in [4.78, 5) is 12.4. The minimum atomic E-state index is -0.0714. The van der Waals surface area contributed by atoms with Crippen LogP contribution in [0.5, 0.6) is 0 Å². The first-order valence-electron chi connectivity index (χ1n) is 7.23. The number of nitrogens with zero attached hydrogens (tertiary/aromatic N) is 1. The van der Waals surface area contributed by atoms with Crippen LogP contribution in [0.3, 0.4) is 0 Å². The lowest BCUT2D eigenvalue weighted by Gasteiger charge is -2.12. The second-order valence-corrected chi connectivity index (χ2v) is 5.18. The van der Waals surface area contributed by atoms with E-state index in [1.165, 1.54) is 0 Å². The van der Waals surface area contributed by atoms with Crippen LogP contribution >= 0.6 is 0 Å². The first-order valence-corrected chi connectivity index (χ1v) is 7.23. The number of carbonyl (C=O) groups excluding carboxylic acids is 1. The number of amides is 1. The van der Waals surface area contributed by atoms with Crippen LogP contribution in [0.15, 0.2) is 24.4 Å². The molecule has 0 atom stereocenters. The number of benzene rings is 1. The Morgan fingerprint density at radius 2 is 2.14 bits per heavy atom. The molecule has 5 nitrogen and oxygen atoms in total. The second kappa shape index (κ2) is 6.92. The van der Waals surface area contributed by atoms with E-state index in [4.69, 9.17) is 0 Å². The lowest BCUT2D eigenvalue weighted by molar-refractivity contribution is 0.0951. The molecule has 0 saturated carbocycles. The largest absolute Gasteiger partial charge is 0.384 e. The van der Waals surface area contributed by atoms with Crippen molar-refractivity contribution in [3.8, 4) is 0 Å². The van der Waals surface area contributed by atoms with Crippen LogP contribution in [0.25, 0.3) is 0 Å². The number of anilines is 1. The van der Waals surface area contributed by atoms with Crippen LogP contribution in [0.4, 0.5) is 5.69 Å². The number of carbonyl (C=O) groups is 1. The van der Waals surface area contributed by atoms with E-state index in [0.29, 0.717) is 12.1 Å². The fraction of sp³-hybridized carbons (Fsp3) is 0.375. The molecule has 1 aromatic heterocycles. The van der Waals surface area contributed by atoms with Gasteiger partial charge in [0.05, 0.1) is 11.8 Å². The van der Waals surface area contributed by atoms with Gasteiger partial charge in [-0.3, -0.25) is 9.89 Å². The van der Waals surface area contributed by atoms with E-state index in [9.17, 15) is 4.79 Å². The highest BCUT2D eigenvalue weighted by Crippen LogP contribution is 2.17. The van der Waals surface area contributed by atoms with E-state index in [1.54, 1.807) is 6.20 Å². The first-order chi connectivity index (χ1) is 10.1. The molecule has 1 amide bonds. The summed E-state index contributed by atoms with van der Waals surface area (Å²) >= 11 is 0. The molecule has 0 unspecified atom stereocenters. The standard InChI is InChI=1S/C16H22N4O/c1-4-7-17-15-6-5-11(2)8-14(15)16(21)18-9-13-10-19-20-12(13)3/h5-6,8,10,17H,4,7,9H2,1-3H3,(H,18,21)(H,19,20). The Bertz CT molecular complexity index is 618. The molecule has 0 bridgehead atoms. The summed E-state index contributed by atoms with van der Waals surface area (Å²) in [7, 11) is 0. The highest BCUT2D eigenvalue weighted by atomic mass is 16.1. The Kier molecular flexibility index (Phi) is 4.98. The molecule has 0 aliphatic rings. The third-order valence-electron chi connectivity index (χ3n) is 3.36. The zero-order valence-electron chi connectivity index (χ0n) is 12.8. The summed E-state index contributed by atoms with van der Waals surface area (Å²) in [6, 6.07) is 5.88. The highest BCUT2D eigenvalue weighted by molar-refractivity contribution is 5.99. The minimum absolute atomic E-state index is 0.0714. The second-order valence-electron chi connectivity index (χ2n) is 5.18. The van der Waals surface area contributed by atoms with E-state index < -0.39 is 0 Å². The van der Waals surface area contributed by atoms with Crippen molar-refractivity contribution in [3.63, 3.8) is 0 Å². The fourth-order valence-electron chi connectivity index (χ4n) is 2.08. The van der Waals surface area contributed by atoms with Crippen molar-refractivity contribution in [1.82, 2.24) is 15.5 Å². The number of nitrogens with one attached hydrogen (secondary N) is 3. The van der Waals surface area contributed by atoms with E-state index in [2.05, 4.69) is 27.8 Å². The number of aromatic nitrogens is 2. The summed E-state index contributed by atoms with van der Waals surface area (Å²) in [5.41, 5.74) is 4.61. The molecule has 0 saturated heterocycles. The highest BCUT2D eigenvalue weighted by Gasteiger charge is 2.12. The molecule has 112 valence electrons. The predicted molar refractivity (Wildman–Crippen MR) is 84.5 cm³/mol. The normalized spacial score (nSPS) is 10.4. The zero-order valence-corrected chi connectivity index (χ0v) is 12.8. The predicted octanol–water partition coefficient (Wildman–Crippen LogP) is 2.78. The third-order valence-corrected chi connectivity index (χ3v) is 3.36. The summed E-state index contributed by atoms with van der Waals surface area (Å²) in [6.45, 7) is 7.35. The van der Waals surface area contributed by atoms with Gasteiger partial charge >= 0.3 is 0 Å². The average Bonchev–Trinajstić information content (AvgIpc) is 2.88. The van der Waals surface area contributed by atoms with Crippen molar-refractivity contribution in [2.75, 3.05) is 11.9 Å². The Morgan fingerprint density at radius 3 is 2.81 bits per heavy atom. The molecular weight excluding hydrogens is 264 g/mol. The molecule has 0 fully saturated rings. The monoisotopic (exact) mass is 286 g/mol. The zero-order chi connectivity index (χ0) is 15.2. The molecule has 5 heteroatoms. The van der Waals surface area contributed by atoms with Gasteiger partial charge in [-0.25, -0.2) is 0 Å². The van der Waals surface area contributed by atoms with Crippen molar-refractivity contribution in [3.05, 3.63) is 46.8 Å². The van der Waals surface area contributed by atoms with Crippen molar-refractivity contribution in [2.24, 2.45) is 0 Å². The Morgan fingerprint density at radius 1 is 1.33 bits per heavy atom. The van der Waals surface area contributed by atoms with E-state index in [-0.39, 0.29) is 5.91 Å². The van der Waals surface area contributed by atoms with Crippen molar-refractivity contribution in [2.45, 2.75) is 33.7 Å². The van der Waals surface area contributed by atoms with Crippen LogP contribution in [0, 0.1) is 13.8 Å². The maximum absolute atomic E-state index is 12.4. The molecule has 2 aromatic rings. The molecule has 0 aliphatic carbocycles. The molecule has 0 aliphatic heterocycles. The van der Waals surface area contributed by atoms with Gasteiger partial charge in [-0.05, 0) is 32.4 Å². The van der Waals surface area contributed by atoms with Gasteiger partial charge in [-0.15, -0.1) is 0 Å². The SMILES string of the molecule is CCCNc1ccc(C)cc1C(=O)NCc1cn[nH]c1C. The van der Waals surface area contributed by atoms with E-state index in [0.717, 1.165) is 35.5 Å². The van der Waals surface area contributed by atoms with Gasteiger partial charge in [0, 0.05) is 30.0 Å². The van der Waals surface area contributed by atoms with E-state index >= 15 is 0 Å². The smallest absolute Gasteiger partial charge is 0.253 e. The van der Waals surface area contributed by atoms with Crippen LogP contribution in [0.2, 0.25) is 0 Å². The Balaban J connectivity index is 2.10. The Hall–Kier alpha value is -2.30. The summed E-state index contributed by atoms with van der Waals surface area (Å²) in [5.74, 6) is -0.0714. The maximum atomic E-state index is 12.4. The average molecular weight is 286 g/mol. The Labute approximate surface area is 125 Å². The fourth-order valence-corrected chi connectivity index (χ4v) is 2.08. The molecule has 0 spiro atoms. The summed E-state index contributed by atoms with van der Waals surface area (Å²) in [5, 5.41) is 13.1. The summed E-state index contributed by atoms with van der Waals surface area (Å²) < 4.78 is 0. The summed E-state index contributed by atoms with van der Waals surface area (Å²) in [6.07, 6.45) is 2.76. The number of aromatic amines is 1. The van der Waals surface area contributed by atoms with Crippen molar-refractivity contribution in [1.29, 1.82) is 0 Å². The van der Waals surface area contributed by atoms with Crippen molar-refractivity contribution < 1.29 is 4.79 Å². The van der Waals surface area contributed by atoms with Gasteiger partial charge in [-0.1, -0.05) is 18.6 Å². The lowest BCUT2D eigenvalue weighted by atomic mass is 10.1. The molecule has 3 N–H and O–H groups in total. The van der Waals surface area contributed by atoms with E-state index in [1.807, 2.05) is 32.0 Å². The number of hydrogen-bond donors (Lipinski definition) is 3. The maximum Gasteiger partial charge on any atom is 0.253 e. The molecule has 1 aromatic carbocycles. The van der Waals surface area contributed by atoms with Gasteiger partial charge < -0.3 is 10.6 Å². The van der Waals surface area contributed by atoms with Gasteiger partial charge in [0.1, 0.15) is 0 Å². The number of H-pyrrole nitrogens is 1. The first kappa shape index (κ1) is 15.1. The van der Waals surface area contributed by atoms with Gasteiger partial charge in [-0.2, -0.15) is 5.10 Å². The van der Waals surface area contributed by atoms with Crippen LogP contribution in [-0.2, 0) is 6.54 Å². The molecule has 0 radical (unpaired) electrons. The van der Waals surface area contributed by atoms with Gasteiger partial charge in [0.25, 0.3) is 5.91 Å². The number of aryl methyl sites for hydroxylation is 2. The van der Waals surface area contributed by atoms with Gasteiger partial charge in [0.15, 0.2) is 0 Å². The van der Waals surface area contributed by atoms with Crippen molar-refractivity contribution >= 4 is 11.6 Å². The topological polar surface area (TPSA) is 69.8 Å². The molecule has 21 heavy (non-hydrogen) atoms.